The highest BCUT2D eigenvalue weighted by Crippen LogP contribution is 2.62. The maximum absolute atomic E-state index is 15.4. The molecule has 1 fully saturated rings. The molecule has 0 aromatic heterocycles. The van der Waals surface area contributed by atoms with Gasteiger partial charge in [0.05, 0.1) is 29.2 Å². The molecule has 4 aromatic rings. The molecule has 6 atom stereocenters. The lowest BCUT2D eigenvalue weighted by Gasteiger charge is -2.60. The first kappa shape index (κ1) is 54.1. The zero-order chi connectivity index (χ0) is 51.7. The molecule has 4 aliphatic rings. The summed E-state index contributed by atoms with van der Waals surface area (Å²) in [4.78, 5) is 35.1. The van der Waals surface area contributed by atoms with Crippen LogP contribution in [0.3, 0.4) is 0 Å². The van der Waals surface area contributed by atoms with E-state index in [1.807, 2.05) is 65.6 Å². The van der Waals surface area contributed by atoms with Crippen molar-refractivity contribution >= 4 is 17.3 Å². The summed E-state index contributed by atoms with van der Waals surface area (Å²) in [5.74, 6) is 0.253. The van der Waals surface area contributed by atoms with Crippen LogP contribution < -0.4 is 18.9 Å². The van der Waals surface area contributed by atoms with E-state index >= 15 is 4.79 Å². The molecular weight excluding hydrogens is 939 g/mol. The van der Waals surface area contributed by atoms with E-state index in [9.17, 15) is 20.3 Å². The van der Waals surface area contributed by atoms with Crippen molar-refractivity contribution in [2.75, 3.05) is 26.6 Å². The standard InChI is InChI=1S/C60H75N3O11/c1-3-5-6-7-8-9-10-11-15-27-57(66)62(40-44-28-30-54-55(35-44)70-42-69-54)56-39-52(61-72-41-43-21-13-12-14-22-43)50-36-45(23-16-18-32-64)49(26-17-19-33-65)58-51-38-48(73-47-25-20-24-46(37-47)63(67)68)29-31-53(51)74-60(56,59(50)58)71-34-4-2/h4,12-14,20-22,24-25,28-31,35-38,45,49,56,58-59,64-65H,2-3,5-11,15-19,23,26-27,32-34,39-42H2,1H3/t45-,49+,56-,58+,59+,60+/m0/s1. The van der Waals surface area contributed by atoms with E-state index in [1.165, 1.54) is 44.2 Å². The van der Waals surface area contributed by atoms with Gasteiger partial charge in [0, 0.05) is 50.1 Å². The fraction of sp³-hybridized carbons (Fsp3) is 0.500. The molecule has 74 heavy (non-hydrogen) atoms. The predicted octanol–water partition coefficient (Wildman–Crippen LogP) is 12.9. The summed E-state index contributed by atoms with van der Waals surface area (Å²) in [6, 6.07) is 26.8. The summed E-state index contributed by atoms with van der Waals surface area (Å²) in [5.41, 5.74) is 4.22. The van der Waals surface area contributed by atoms with E-state index in [0.29, 0.717) is 53.7 Å². The molecule has 4 aromatic carbocycles. The van der Waals surface area contributed by atoms with Crippen LogP contribution in [-0.2, 0) is 27.5 Å². The number of amides is 1. The number of allylic oxidation sites excluding steroid dienone is 1. The van der Waals surface area contributed by atoms with Gasteiger partial charge >= 0.3 is 0 Å². The van der Waals surface area contributed by atoms with Crippen molar-refractivity contribution < 1.29 is 48.5 Å². The Morgan fingerprint density at radius 3 is 2.31 bits per heavy atom. The minimum atomic E-state index is -1.48. The van der Waals surface area contributed by atoms with Gasteiger partial charge in [-0.1, -0.05) is 131 Å². The maximum atomic E-state index is 15.4. The van der Waals surface area contributed by atoms with Crippen molar-refractivity contribution in [3.05, 3.63) is 142 Å². The first-order valence-corrected chi connectivity index (χ1v) is 27.1. The average molecular weight is 1010 g/mol. The molecule has 8 rings (SSSR count). The van der Waals surface area contributed by atoms with Crippen LogP contribution in [0.4, 0.5) is 5.69 Å². The van der Waals surface area contributed by atoms with Crippen LogP contribution in [0.25, 0.3) is 0 Å². The van der Waals surface area contributed by atoms with E-state index < -0.39 is 22.7 Å². The van der Waals surface area contributed by atoms with Crippen LogP contribution in [0, 0.1) is 27.9 Å². The van der Waals surface area contributed by atoms with Gasteiger partial charge in [-0.3, -0.25) is 14.9 Å². The van der Waals surface area contributed by atoms with Gasteiger partial charge in [-0.15, -0.1) is 6.58 Å². The Balaban J connectivity index is 1.27. The molecule has 0 radical (unpaired) electrons. The van der Waals surface area contributed by atoms with Crippen LogP contribution in [0.1, 0.15) is 139 Å². The van der Waals surface area contributed by atoms with E-state index in [0.717, 1.165) is 73.6 Å². The zero-order valence-corrected chi connectivity index (χ0v) is 43.1. The fourth-order valence-corrected chi connectivity index (χ4v) is 11.6. The SMILES string of the molecule is C=CCO[C@@]12Oc3ccc(Oc4cccc([N+](=O)[O-])c4)cc3[C@H]3[C@H](CCCCO)[C@@H](CCCCO)C=C(C(=NOCc4ccccc4)C[C@@H]1N(Cc1ccc4c(c1)OCO4)C(=O)CCCCCCCCCCC)[C@H]32. The van der Waals surface area contributed by atoms with Gasteiger partial charge < -0.3 is 43.6 Å². The molecule has 1 amide bonds. The van der Waals surface area contributed by atoms with E-state index in [4.69, 9.17) is 33.7 Å². The Morgan fingerprint density at radius 2 is 1.55 bits per heavy atom. The third kappa shape index (κ3) is 13.2. The molecule has 2 N–H and O–H groups in total. The zero-order valence-electron chi connectivity index (χ0n) is 43.1. The van der Waals surface area contributed by atoms with Gasteiger partial charge in [0.25, 0.3) is 5.69 Å². The topological polar surface area (TPSA) is 172 Å². The molecule has 14 nitrogen and oxygen atoms in total. The highest BCUT2D eigenvalue weighted by Gasteiger charge is 2.65. The number of nitro groups is 1. The Hall–Kier alpha value is -6.22. The number of hydrogen-bond acceptors (Lipinski definition) is 12. The Bertz CT molecular complexity index is 2550. The second kappa shape index (κ2) is 26.8. The monoisotopic (exact) mass is 1010 g/mol. The largest absolute Gasteiger partial charge is 0.459 e. The van der Waals surface area contributed by atoms with E-state index in [2.05, 4.69) is 19.6 Å². The van der Waals surface area contributed by atoms with Crippen LogP contribution in [0.5, 0.6) is 28.7 Å². The average Bonchev–Trinajstić information content (AvgIpc) is 3.89. The molecule has 0 spiro atoms. The molecule has 2 heterocycles. The molecule has 1 saturated carbocycles. The number of carbonyl (C=O) groups is 1. The smallest absolute Gasteiger partial charge is 0.273 e. The molecule has 14 heteroatoms. The van der Waals surface area contributed by atoms with Gasteiger partial charge in [0.15, 0.2) is 11.5 Å². The lowest BCUT2D eigenvalue weighted by atomic mass is 9.55. The van der Waals surface area contributed by atoms with E-state index in [-0.39, 0.29) is 75.5 Å². The minimum absolute atomic E-state index is 0.00906. The highest BCUT2D eigenvalue weighted by molar-refractivity contribution is 6.03. The molecule has 0 saturated heterocycles. The maximum Gasteiger partial charge on any atom is 0.273 e. The quantitative estimate of drug-likeness (QED) is 0.0220. The first-order valence-electron chi connectivity index (χ1n) is 27.1. The number of oxime groups is 1. The summed E-state index contributed by atoms with van der Waals surface area (Å²) >= 11 is 0. The number of aliphatic hydroxyl groups is 2. The first-order chi connectivity index (χ1) is 36.3. The summed E-state index contributed by atoms with van der Waals surface area (Å²) in [5, 5.41) is 37.0. The normalized spacial score (nSPS) is 21.7. The highest BCUT2D eigenvalue weighted by atomic mass is 16.7. The molecule has 0 unspecified atom stereocenters. The second-order valence-corrected chi connectivity index (χ2v) is 20.2. The van der Waals surface area contributed by atoms with Crippen LogP contribution in [-0.4, -0.2) is 70.1 Å². The number of nitrogens with zero attached hydrogens (tertiary/aromatic N) is 3. The molecule has 0 bridgehead atoms. The van der Waals surface area contributed by atoms with Crippen LogP contribution in [0.15, 0.2) is 120 Å². The number of hydrogen-bond donors (Lipinski definition) is 2. The second-order valence-electron chi connectivity index (χ2n) is 20.2. The van der Waals surface area contributed by atoms with Gasteiger partial charge in [0.2, 0.25) is 18.5 Å². The summed E-state index contributed by atoms with van der Waals surface area (Å²) < 4.78 is 32.8. The summed E-state index contributed by atoms with van der Waals surface area (Å²) in [6.45, 7) is 7.16. The number of ether oxygens (including phenoxy) is 5. The minimum Gasteiger partial charge on any atom is -0.459 e. The third-order valence-corrected chi connectivity index (χ3v) is 15.1. The fourth-order valence-electron chi connectivity index (χ4n) is 11.6. The Morgan fingerprint density at radius 1 is 0.824 bits per heavy atom. The number of carbonyl (C=O) groups excluding carboxylic acids is 1. The predicted molar refractivity (Wildman–Crippen MR) is 284 cm³/mol. The van der Waals surface area contributed by atoms with Crippen molar-refractivity contribution in [3.63, 3.8) is 0 Å². The van der Waals surface area contributed by atoms with Crippen molar-refractivity contribution in [1.29, 1.82) is 0 Å². The van der Waals surface area contributed by atoms with Gasteiger partial charge in [0.1, 0.15) is 29.9 Å². The van der Waals surface area contributed by atoms with Crippen LogP contribution in [0.2, 0.25) is 0 Å². The van der Waals surface area contributed by atoms with Crippen LogP contribution >= 0.6 is 0 Å². The van der Waals surface area contributed by atoms with Gasteiger partial charge in [-0.05, 0) is 97.0 Å². The van der Waals surface area contributed by atoms with Crippen molar-refractivity contribution in [2.24, 2.45) is 22.9 Å². The lowest BCUT2D eigenvalue weighted by molar-refractivity contribution is -0.384. The number of fused-ring (bicyclic) bond motifs is 3. The number of rotatable bonds is 30. The third-order valence-electron chi connectivity index (χ3n) is 15.1. The number of benzene rings is 4. The molecule has 2 aliphatic heterocycles. The van der Waals surface area contributed by atoms with E-state index in [1.54, 1.807) is 24.3 Å². The Kier molecular flexibility index (Phi) is 19.6. The molecule has 2 aliphatic carbocycles. The molecular formula is C60H75N3O11. The van der Waals surface area contributed by atoms with Crippen molar-refractivity contribution in [1.82, 2.24) is 4.90 Å². The van der Waals surface area contributed by atoms with Gasteiger partial charge in [-0.25, -0.2) is 0 Å². The number of unbranched alkanes of at least 4 members (excludes halogenated alkanes) is 10. The van der Waals surface area contributed by atoms with Crippen molar-refractivity contribution in [3.8, 4) is 28.7 Å². The summed E-state index contributed by atoms with van der Waals surface area (Å²) in [7, 11) is 0. The number of aliphatic hydroxyl groups excluding tert-OH is 2. The lowest BCUT2D eigenvalue weighted by Crippen LogP contribution is -2.70. The van der Waals surface area contributed by atoms with Crippen molar-refractivity contribution in [2.45, 2.75) is 147 Å². The number of non-ortho nitro benzene ring substituents is 1. The Labute approximate surface area is 436 Å². The molecule has 396 valence electrons. The van der Waals surface area contributed by atoms with Gasteiger partial charge in [-0.2, -0.15) is 0 Å². The number of nitro benzene ring substituents is 1. The summed E-state index contributed by atoms with van der Waals surface area (Å²) in [6.07, 6.45) is 19.0.